The van der Waals surface area contributed by atoms with E-state index in [-0.39, 0.29) is 17.3 Å². The molecule has 0 saturated carbocycles. The van der Waals surface area contributed by atoms with Crippen LogP contribution in [0.1, 0.15) is 5.69 Å². The smallest absolute Gasteiger partial charge is 0.311 e. The molecule has 3 N–H and O–H groups in total. The van der Waals surface area contributed by atoms with Crippen molar-refractivity contribution in [3.05, 3.63) is 38.8 Å². The van der Waals surface area contributed by atoms with Crippen LogP contribution in [0.5, 0.6) is 0 Å². The molecule has 0 aliphatic heterocycles. The highest BCUT2D eigenvalue weighted by atomic mass is 32.1. The summed E-state index contributed by atoms with van der Waals surface area (Å²) in [7, 11) is 0. The van der Waals surface area contributed by atoms with E-state index in [0.29, 0.717) is 6.54 Å². The Morgan fingerprint density at radius 3 is 3.00 bits per heavy atom. The Hall–Kier alpha value is -2.22. The Labute approximate surface area is 100 Å². The van der Waals surface area contributed by atoms with Gasteiger partial charge in [-0.25, -0.2) is 9.97 Å². The molecule has 2 rings (SSSR count). The number of pyridine rings is 1. The number of nitrogens with one attached hydrogen (secondary N) is 1. The molecule has 0 amide bonds. The molecule has 0 saturated heterocycles. The molecule has 88 valence electrons. The van der Waals surface area contributed by atoms with Crippen molar-refractivity contribution in [2.75, 3.05) is 11.1 Å². The average molecular weight is 251 g/mol. The molecule has 7 nitrogen and oxygen atoms in total. The van der Waals surface area contributed by atoms with Gasteiger partial charge in [0, 0.05) is 11.4 Å². The Kier molecular flexibility index (Phi) is 3.15. The Bertz CT molecular complexity index is 528. The van der Waals surface area contributed by atoms with Crippen molar-refractivity contribution >= 4 is 28.7 Å². The zero-order valence-electron chi connectivity index (χ0n) is 8.66. The van der Waals surface area contributed by atoms with Crippen molar-refractivity contribution < 1.29 is 4.92 Å². The molecule has 0 atom stereocenters. The zero-order chi connectivity index (χ0) is 12.3. The second-order valence-electron chi connectivity index (χ2n) is 3.19. The van der Waals surface area contributed by atoms with Crippen LogP contribution in [0.2, 0.25) is 0 Å². The van der Waals surface area contributed by atoms with Crippen molar-refractivity contribution in [1.29, 1.82) is 0 Å². The fourth-order valence-corrected chi connectivity index (χ4v) is 1.80. The molecule has 0 spiro atoms. The number of rotatable bonds is 4. The van der Waals surface area contributed by atoms with Crippen molar-refractivity contribution in [2.45, 2.75) is 6.54 Å². The van der Waals surface area contributed by atoms with Gasteiger partial charge in [-0.15, -0.1) is 11.3 Å². The third kappa shape index (κ3) is 2.67. The number of nitrogen functional groups attached to an aromatic ring is 1. The summed E-state index contributed by atoms with van der Waals surface area (Å²) in [5.41, 5.74) is 7.88. The van der Waals surface area contributed by atoms with E-state index in [9.17, 15) is 10.1 Å². The summed E-state index contributed by atoms with van der Waals surface area (Å²) in [6.07, 6.45) is 0. The molecule has 2 heterocycles. The first kappa shape index (κ1) is 11.3. The van der Waals surface area contributed by atoms with Crippen LogP contribution >= 0.6 is 11.3 Å². The first-order chi connectivity index (χ1) is 8.16. The number of aromatic nitrogens is 2. The van der Waals surface area contributed by atoms with E-state index in [1.165, 1.54) is 23.5 Å². The number of nitro groups is 1. The Morgan fingerprint density at radius 1 is 1.53 bits per heavy atom. The molecule has 0 radical (unpaired) electrons. The molecule has 0 aliphatic rings. The second-order valence-corrected chi connectivity index (χ2v) is 3.91. The fraction of sp³-hybridized carbons (Fsp3) is 0.111. The van der Waals surface area contributed by atoms with E-state index < -0.39 is 4.92 Å². The number of thiazole rings is 1. The predicted octanol–water partition coefficient (Wildman–Crippen LogP) is 1.64. The summed E-state index contributed by atoms with van der Waals surface area (Å²) < 4.78 is 0. The summed E-state index contributed by atoms with van der Waals surface area (Å²) in [6.45, 7) is 0.376. The minimum atomic E-state index is -0.504. The van der Waals surface area contributed by atoms with Gasteiger partial charge in [-0.1, -0.05) is 0 Å². The van der Waals surface area contributed by atoms with Gasteiger partial charge < -0.3 is 11.1 Å². The van der Waals surface area contributed by atoms with Crippen molar-refractivity contribution in [1.82, 2.24) is 9.97 Å². The SMILES string of the molecule is Nc1ccc([N+](=O)[O-])c(NCc2cscn2)n1. The summed E-state index contributed by atoms with van der Waals surface area (Å²) in [6, 6.07) is 2.72. The predicted molar refractivity (Wildman–Crippen MR) is 64.7 cm³/mol. The highest BCUT2D eigenvalue weighted by Crippen LogP contribution is 2.23. The molecule has 8 heteroatoms. The zero-order valence-corrected chi connectivity index (χ0v) is 9.48. The largest absolute Gasteiger partial charge is 0.384 e. The van der Waals surface area contributed by atoms with E-state index in [4.69, 9.17) is 5.73 Å². The van der Waals surface area contributed by atoms with Crippen LogP contribution in [-0.4, -0.2) is 14.9 Å². The molecule has 0 bridgehead atoms. The molecule has 17 heavy (non-hydrogen) atoms. The highest BCUT2D eigenvalue weighted by Gasteiger charge is 2.15. The number of anilines is 2. The van der Waals surface area contributed by atoms with E-state index in [1.807, 2.05) is 5.38 Å². The number of hydrogen-bond donors (Lipinski definition) is 2. The number of nitrogens with zero attached hydrogens (tertiary/aromatic N) is 3. The first-order valence-electron chi connectivity index (χ1n) is 4.68. The third-order valence-electron chi connectivity index (χ3n) is 2.01. The van der Waals surface area contributed by atoms with E-state index in [2.05, 4.69) is 15.3 Å². The summed E-state index contributed by atoms with van der Waals surface area (Å²) in [4.78, 5) is 18.2. The van der Waals surface area contributed by atoms with Gasteiger partial charge >= 0.3 is 5.69 Å². The maximum Gasteiger partial charge on any atom is 0.311 e. The van der Waals surface area contributed by atoms with E-state index >= 15 is 0 Å². The fourth-order valence-electron chi connectivity index (χ4n) is 1.24. The van der Waals surface area contributed by atoms with Crippen molar-refractivity contribution in [2.24, 2.45) is 0 Å². The minimum Gasteiger partial charge on any atom is -0.384 e. The third-order valence-corrected chi connectivity index (χ3v) is 2.65. The lowest BCUT2D eigenvalue weighted by Crippen LogP contribution is -2.06. The van der Waals surface area contributed by atoms with Gasteiger partial charge in [0.2, 0.25) is 5.82 Å². The van der Waals surface area contributed by atoms with Gasteiger partial charge in [0.15, 0.2) is 0 Å². The lowest BCUT2D eigenvalue weighted by atomic mass is 10.3. The maximum atomic E-state index is 10.8. The van der Waals surface area contributed by atoms with E-state index in [0.717, 1.165) is 5.69 Å². The van der Waals surface area contributed by atoms with Crippen LogP contribution in [0.4, 0.5) is 17.3 Å². The molecular weight excluding hydrogens is 242 g/mol. The van der Waals surface area contributed by atoms with Gasteiger partial charge in [-0.05, 0) is 6.07 Å². The molecule has 2 aromatic heterocycles. The van der Waals surface area contributed by atoms with Crippen molar-refractivity contribution in [3.63, 3.8) is 0 Å². The highest BCUT2D eigenvalue weighted by molar-refractivity contribution is 7.07. The first-order valence-corrected chi connectivity index (χ1v) is 5.63. The lowest BCUT2D eigenvalue weighted by molar-refractivity contribution is -0.384. The Morgan fingerprint density at radius 2 is 2.35 bits per heavy atom. The maximum absolute atomic E-state index is 10.8. The van der Waals surface area contributed by atoms with Gasteiger partial charge in [-0.3, -0.25) is 10.1 Å². The molecule has 0 aliphatic carbocycles. The van der Waals surface area contributed by atoms with Crippen LogP contribution < -0.4 is 11.1 Å². The summed E-state index contributed by atoms with van der Waals surface area (Å²) >= 11 is 1.46. The Balaban J connectivity index is 2.19. The van der Waals surface area contributed by atoms with Gasteiger partial charge in [0.05, 0.1) is 22.7 Å². The van der Waals surface area contributed by atoms with Gasteiger partial charge in [0.25, 0.3) is 0 Å². The topological polar surface area (TPSA) is 107 Å². The summed E-state index contributed by atoms with van der Waals surface area (Å²) in [5, 5.41) is 15.5. The second kappa shape index (κ2) is 4.74. The average Bonchev–Trinajstić information content (AvgIpc) is 2.78. The normalized spacial score (nSPS) is 10.1. The van der Waals surface area contributed by atoms with Crippen LogP contribution in [-0.2, 0) is 6.54 Å². The van der Waals surface area contributed by atoms with E-state index in [1.54, 1.807) is 5.51 Å². The van der Waals surface area contributed by atoms with Crippen LogP contribution in [0.15, 0.2) is 23.0 Å². The van der Waals surface area contributed by atoms with Crippen LogP contribution in [0.3, 0.4) is 0 Å². The van der Waals surface area contributed by atoms with Crippen LogP contribution in [0, 0.1) is 10.1 Å². The minimum absolute atomic E-state index is 0.102. The quantitative estimate of drug-likeness (QED) is 0.631. The van der Waals surface area contributed by atoms with Gasteiger partial charge in [0.1, 0.15) is 5.82 Å². The molecule has 2 aromatic rings. The molecule has 0 fully saturated rings. The summed E-state index contributed by atoms with van der Waals surface area (Å²) in [5.74, 6) is 0.388. The molecule has 0 unspecified atom stereocenters. The van der Waals surface area contributed by atoms with Crippen LogP contribution in [0.25, 0.3) is 0 Å². The monoisotopic (exact) mass is 251 g/mol. The lowest BCUT2D eigenvalue weighted by Gasteiger charge is -2.04. The van der Waals surface area contributed by atoms with Crippen molar-refractivity contribution in [3.8, 4) is 0 Å². The molecule has 0 aromatic carbocycles. The number of nitrogens with two attached hydrogens (primary N) is 1. The molecular formula is C9H9N5O2S. The van der Waals surface area contributed by atoms with Gasteiger partial charge in [-0.2, -0.15) is 0 Å². The number of hydrogen-bond acceptors (Lipinski definition) is 7. The standard InChI is InChI=1S/C9H9N5O2S/c10-8-2-1-7(14(15)16)9(13-8)11-3-6-4-17-5-12-6/h1-2,4-5H,3H2,(H3,10,11,13).